The highest BCUT2D eigenvalue weighted by Gasteiger charge is 2.13. The molecule has 0 fully saturated rings. The highest BCUT2D eigenvalue weighted by Crippen LogP contribution is 2.18. The van der Waals surface area contributed by atoms with E-state index in [1.807, 2.05) is 20.8 Å². The molecular formula is C9H16N2O3. The molecule has 0 aliphatic carbocycles. The van der Waals surface area contributed by atoms with Crippen LogP contribution in [-0.4, -0.2) is 20.6 Å². The average molecular weight is 200 g/mol. The standard InChI is InChI=1S/C9H14N2O2.H2O/c1-9(2,3)5-6-10-7(12)4-8(13)11-6;/h4H,5H2,1-3H3,(H2,10,11,12,13);1H2. The number of aromatic nitrogens is 2. The number of H-pyrrole nitrogens is 1. The molecule has 1 aromatic heterocycles. The van der Waals surface area contributed by atoms with E-state index < -0.39 is 0 Å². The summed E-state index contributed by atoms with van der Waals surface area (Å²) in [5, 5.41) is 9.06. The van der Waals surface area contributed by atoms with Crippen molar-refractivity contribution in [3.8, 4) is 5.88 Å². The predicted octanol–water partition coefficient (Wildman–Crippen LogP) is 0.239. The molecule has 1 heterocycles. The van der Waals surface area contributed by atoms with Crippen molar-refractivity contribution in [3.63, 3.8) is 0 Å². The number of aromatic hydroxyl groups is 1. The first-order valence-electron chi connectivity index (χ1n) is 4.16. The van der Waals surface area contributed by atoms with E-state index in [4.69, 9.17) is 5.11 Å². The van der Waals surface area contributed by atoms with Gasteiger partial charge in [-0.25, -0.2) is 4.98 Å². The highest BCUT2D eigenvalue weighted by molar-refractivity contribution is 5.07. The Labute approximate surface area is 82.1 Å². The molecule has 4 N–H and O–H groups in total. The summed E-state index contributed by atoms with van der Waals surface area (Å²) < 4.78 is 0. The Hall–Kier alpha value is -1.36. The summed E-state index contributed by atoms with van der Waals surface area (Å²) in [5.74, 6) is 0.306. The largest absolute Gasteiger partial charge is 0.493 e. The SMILES string of the molecule is CC(C)(C)Cc1nc(O)cc(=O)[nH]1.O. The van der Waals surface area contributed by atoms with Crippen molar-refractivity contribution < 1.29 is 10.6 Å². The van der Waals surface area contributed by atoms with Crippen LogP contribution in [0.3, 0.4) is 0 Å². The number of nitrogens with one attached hydrogen (secondary N) is 1. The molecule has 0 aliphatic rings. The van der Waals surface area contributed by atoms with Crippen molar-refractivity contribution in [1.82, 2.24) is 9.97 Å². The maximum Gasteiger partial charge on any atom is 0.254 e. The quantitative estimate of drug-likeness (QED) is 0.679. The summed E-state index contributed by atoms with van der Waals surface area (Å²) in [6.07, 6.45) is 0.636. The fourth-order valence-corrected chi connectivity index (χ4v) is 1.08. The summed E-state index contributed by atoms with van der Waals surface area (Å²) in [4.78, 5) is 17.3. The van der Waals surface area contributed by atoms with Crippen LogP contribution in [0, 0.1) is 5.41 Å². The van der Waals surface area contributed by atoms with Gasteiger partial charge in [0, 0.05) is 6.42 Å². The van der Waals surface area contributed by atoms with Gasteiger partial charge in [0.1, 0.15) is 5.82 Å². The van der Waals surface area contributed by atoms with Crippen molar-refractivity contribution in [3.05, 3.63) is 22.2 Å². The molecular weight excluding hydrogens is 184 g/mol. The first-order valence-corrected chi connectivity index (χ1v) is 4.16. The van der Waals surface area contributed by atoms with E-state index in [1.165, 1.54) is 0 Å². The Morgan fingerprint density at radius 3 is 2.50 bits per heavy atom. The van der Waals surface area contributed by atoms with Crippen molar-refractivity contribution in [1.29, 1.82) is 0 Å². The van der Waals surface area contributed by atoms with E-state index in [2.05, 4.69) is 9.97 Å². The molecule has 1 rings (SSSR count). The summed E-state index contributed by atoms with van der Waals surface area (Å²) in [5.41, 5.74) is -0.268. The Kier molecular flexibility index (Phi) is 3.82. The molecule has 80 valence electrons. The van der Waals surface area contributed by atoms with Crippen LogP contribution in [0.15, 0.2) is 10.9 Å². The topological polar surface area (TPSA) is 97.5 Å². The molecule has 0 amide bonds. The van der Waals surface area contributed by atoms with E-state index in [-0.39, 0.29) is 22.3 Å². The molecule has 0 aliphatic heterocycles. The molecule has 0 saturated heterocycles. The van der Waals surface area contributed by atoms with Crippen LogP contribution in [0.1, 0.15) is 26.6 Å². The molecule has 0 aromatic carbocycles. The molecule has 0 unspecified atom stereocenters. The van der Waals surface area contributed by atoms with Crippen LogP contribution in [0.5, 0.6) is 5.88 Å². The van der Waals surface area contributed by atoms with Gasteiger partial charge in [-0.2, -0.15) is 0 Å². The summed E-state index contributed by atoms with van der Waals surface area (Å²) in [6.45, 7) is 6.12. The second-order valence-electron chi connectivity index (χ2n) is 4.29. The molecule has 0 saturated carbocycles. The van der Waals surface area contributed by atoms with Crippen molar-refractivity contribution in [2.45, 2.75) is 27.2 Å². The van der Waals surface area contributed by atoms with Gasteiger partial charge in [-0.15, -0.1) is 0 Å². The Bertz CT molecular complexity index is 352. The first kappa shape index (κ1) is 12.6. The fraction of sp³-hybridized carbons (Fsp3) is 0.556. The Morgan fingerprint density at radius 1 is 1.50 bits per heavy atom. The first-order chi connectivity index (χ1) is 5.87. The molecule has 0 radical (unpaired) electrons. The van der Waals surface area contributed by atoms with Crippen molar-refractivity contribution in [2.75, 3.05) is 0 Å². The van der Waals surface area contributed by atoms with Gasteiger partial charge in [-0.3, -0.25) is 4.79 Å². The van der Waals surface area contributed by atoms with Gasteiger partial charge in [0.05, 0.1) is 6.07 Å². The van der Waals surface area contributed by atoms with E-state index in [1.54, 1.807) is 0 Å². The second kappa shape index (κ2) is 4.23. The number of rotatable bonds is 1. The third-order valence-corrected chi connectivity index (χ3v) is 1.47. The lowest BCUT2D eigenvalue weighted by Gasteiger charge is -2.16. The van der Waals surface area contributed by atoms with Crippen LogP contribution in [0.25, 0.3) is 0 Å². The zero-order valence-corrected chi connectivity index (χ0v) is 8.59. The van der Waals surface area contributed by atoms with Gasteiger partial charge in [0.15, 0.2) is 0 Å². The number of aromatic amines is 1. The minimum absolute atomic E-state index is 0. The molecule has 0 bridgehead atoms. The predicted molar refractivity (Wildman–Crippen MR) is 53.3 cm³/mol. The van der Waals surface area contributed by atoms with Gasteiger partial charge in [0.25, 0.3) is 5.56 Å². The number of hydrogen-bond acceptors (Lipinski definition) is 3. The summed E-state index contributed by atoms with van der Waals surface area (Å²) in [6, 6.07) is 1.06. The third kappa shape index (κ3) is 4.04. The van der Waals surface area contributed by atoms with Gasteiger partial charge in [0.2, 0.25) is 5.88 Å². The van der Waals surface area contributed by atoms with Crippen LogP contribution in [-0.2, 0) is 6.42 Å². The second-order valence-corrected chi connectivity index (χ2v) is 4.29. The Balaban J connectivity index is 0.00000169. The molecule has 5 nitrogen and oxygen atoms in total. The van der Waals surface area contributed by atoms with E-state index in [0.29, 0.717) is 12.2 Å². The fourth-order valence-electron chi connectivity index (χ4n) is 1.08. The zero-order chi connectivity index (χ0) is 10.1. The molecule has 5 heteroatoms. The minimum Gasteiger partial charge on any atom is -0.493 e. The summed E-state index contributed by atoms with van der Waals surface area (Å²) in [7, 11) is 0. The molecule has 1 aromatic rings. The molecule has 0 spiro atoms. The minimum atomic E-state index is -0.313. The van der Waals surface area contributed by atoms with Crippen LogP contribution < -0.4 is 5.56 Å². The van der Waals surface area contributed by atoms with Crippen LogP contribution >= 0.6 is 0 Å². The van der Waals surface area contributed by atoms with Gasteiger partial charge < -0.3 is 15.6 Å². The normalized spacial score (nSPS) is 10.8. The highest BCUT2D eigenvalue weighted by atomic mass is 16.3. The van der Waals surface area contributed by atoms with Crippen molar-refractivity contribution in [2.24, 2.45) is 5.41 Å². The summed E-state index contributed by atoms with van der Waals surface area (Å²) >= 11 is 0. The average Bonchev–Trinajstić information content (AvgIpc) is 1.78. The number of nitrogens with zero attached hydrogens (tertiary/aromatic N) is 1. The van der Waals surface area contributed by atoms with Gasteiger partial charge >= 0.3 is 0 Å². The van der Waals surface area contributed by atoms with Crippen LogP contribution in [0.4, 0.5) is 0 Å². The lowest BCUT2D eigenvalue weighted by atomic mass is 9.92. The van der Waals surface area contributed by atoms with E-state index >= 15 is 0 Å². The van der Waals surface area contributed by atoms with Crippen molar-refractivity contribution >= 4 is 0 Å². The Morgan fingerprint density at radius 2 is 2.07 bits per heavy atom. The number of hydrogen-bond donors (Lipinski definition) is 2. The van der Waals surface area contributed by atoms with E-state index in [9.17, 15) is 4.79 Å². The lowest BCUT2D eigenvalue weighted by Crippen LogP contribution is -2.16. The van der Waals surface area contributed by atoms with Gasteiger partial charge in [-0.05, 0) is 5.41 Å². The van der Waals surface area contributed by atoms with E-state index in [0.717, 1.165) is 6.07 Å². The monoisotopic (exact) mass is 200 g/mol. The molecule has 0 atom stereocenters. The van der Waals surface area contributed by atoms with Crippen LogP contribution in [0.2, 0.25) is 0 Å². The smallest absolute Gasteiger partial charge is 0.254 e. The lowest BCUT2D eigenvalue weighted by molar-refractivity contribution is 0.391. The maximum absolute atomic E-state index is 10.9. The zero-order valence-electron chi connectivity index (χ0n) is 8.59. The molecule has 14 heavy (non-hydrogen) atoms. The third-order valence-electron chi connectivity index (χ3n) is 1.47. The maximum atomic E-state index is 10.9. The van der Waals surface area contributed by atoms with Gasteiger partial charge in [-0.1, -0.05) is 20.8 Å².